The Hall–Kier alpha value is -3.15. The number of hydrogen-bond donors (Lipinski definition) is 0. The predicted molar refractivity (Wildman–Crippen MR) is 93.2 cm³/mol. The van der Waals surface area contributed by atoms with Crippen LogP contribution >= 0.6 is 0 Å². The average molecular weight is 356 g/mol. The molecule has 0 aliphatic carbocycles. The van der Waals surface area contributed by atoms with Gasteiger partial charge in [0.15, 0.2) is 0 Å². The number of aromatic nitrogens is 2. The first-order valence-corrected chi connectivity index (χ1v) is 7.86. The lowest BCUT2D eigenvalue weighted by atomic mass is 10.1. The molecule has 1 heterocycles. The molecule has 0 saturated heterocycles. The molecule has 0 spiro atoms. The molecule has 0 aliphatic heterocycles. The first-order chi connectivity index (χ1) is 12.5. The van der Waals surface area contributed by atoms with E-state index < -0.39 is 11.7 Å². The fourth-order valence-corrected chi connectivity index (χ4v) is 2.19. The molecule has 0 amide bonds. The smallest absolute Gasteiger partial charge is 0.416 e. The van der Waals surface area contributed by atoms with E-state index in [1.54, 1.807) is 24.3 Å². The van der Waals surface area contributed by atoms with E-state index in [-0.39, 0.29) is 0 Å². The predicted octanol–water partition coefficient (Wildman–Crippen LogP) is 5.24. The molecule has 0 saturated carbocycles. The minimum Gasteiger partial charge on any atom is -0.472 e. The molecule has 132 valence electrons. The van der Waals surface area contributed by atoms with Crippen molar-refractivity contribution in [2.45, 2.75) is 12.8 Å². The molecule has 1 aromatic heterocycles. The Kier molecular flexibility index (Phi) is 5.31. The van der Waals surface area contributed by atoms with Gasteiger partial charge in [0.1, 0.15) is 6.61 Å². The Bertz CT molecular complexity index is 858. The van der Waals surface area contributed by atoms with Crippen LogP contribution in [0.3, 0.4) is 0 Å². The number of rotatable bonds is 5. The zero-order valence-electron chi connectivity index (χ0n) is 13.6. The van der Waals surface area contributed by atoms with E-state index >= 15 is 0 Å². The van der Waals surface area contributed by atoms with Gasteiger partial charge < -0.3 is 4.74 Å². The van der Waals surface area contributed by atoms with Gasteiger partial charge in [-0.3, -0.25) is 0 Å². The highest BCUT2D eigenvalue weighted by Gasteiger charge is 2.29. The Morgan fingerprint density at radius 3 is 2.15 bits per heavy atom. The van der Waals surface area contributed by atoms with Crippen molar-refractivity contribution in [1.29, 1.82) is 0 Å². The summed E-state index contributed by atoms with van der Waals surface area (Å²) in [5.74, 6) is 0.403. The van der Waals surface area contributed by atoms with Gasteiger partial charge in [-0.15, -0.1) is 10.2 Å². The standard InChI is InChI=1S/C20H15F3N2O/c21-20(22,23)17-9-6-15(7-10-17)8-11-18-12-13-19(25-24-18)26-14-16-4-2-1-3-5-16/h1-13H,14H2/b11-8+. The highest BCUT2D eigenvalue weighted by molar-refractivity contribution is 5.67. The fraction of sp³-hybridized carbons (Fsp3) is 0.100. The van der Waals surface area contributed by atoms with Gasteiger partial charge in [-0.2, -0.15) is 13.2 Å². The second kappa shape index (κ2) is 7.82. The number of hydrogen-bond acceptors (Lipinski definition) is 3. The maximum atomic E-state index is 12.5. The summed E-state index contributed by atoms with van der Waals surface area (Å²) >= 11 is 0. The summed E-state index contributed by atoms with van der Waals surface area (Å²) in [6, 6.07) is 18.0. The van der Waals surface area contributed by atoms with Gasteiger partial charge in [-0.1, -0.05) is 48.5 Å². The van der Waals surface area contributed by atoms with Crippen LogP contribution in [0.1, 0.15) is 22.4 Å². The lowest BCUT2D eigenvalue weighted by molar-refractivity contribution is -0.137. The largest absolute Gasteiger partial charge is 0.472 e. The lowest BCUT2D eigenvalue weighted by Crippen LogP contribution is -2.03. The highest BCUT2D eigenvalue weighted by Crippen LogP contribution is 2.29. The number of benzene rings is 2. The van der Waals surface area contributed by atoms with Crippen LogP contribution in [-0.2, 0) is 12.8 Å². The van der Waals surface area contributed by atoms with Crippen molar-refractivity contribution in [3.8, 4) is 5.88 Å². The van der Waals surface area contributed by atoms with Gasteiger partial charge >= 0.3 is 6.18 Å². The third-order valence-electron chi connectivity index (χ3n) is 3.57. The maximum absolute atomic E-state index is 12.5. The van der Waals surface area contributed by atoms with Gasteiger partial charge in [0, 0.05) is 6.07 Å². The van der Waals surface area contributed by atoms with E-state index in [1.807, 2.05) is 30.3 Å². The van der Waals surface area contributed by atoms with Crippen molar-refractivity contribution in [1.82, 2.24) is 10.2 Å². The van der Waals surface area contributed by atoms with Crippen LogP contribution in [-0.4, -0.2) is 10.2 Å². The van der Waals surface area contributed by atoms with Crippen molar-refractivity contribution in [3.63, 3.8) is 0 Å². The van der Waals surface area contributed by atoms with Crippen molar-refractivity contribution in [2.24, 2.45) is 0 Å². The molecule has 2 aromatic carbocycles. The Morgan fingerprint density at radius 2 is 1.54 bits per heavy atom. The number of ether oxygens (including phenoxy) is 1. The SMILES string of the molecule is FC(F)(F)c1ccc(/C=C/c2ccc(OCc3ccccc3)nn2)cc1. The Balaban J connectivity index is 1.59. The fourth-order valence-electron chi connectivity index (χ4n) is 2.19. The minimum absolute atomic E-state index is 0.399. The van der Waals surface area contributed by atoms with Crippen LogP contribution in [0.4, 0.5) is 13.2 Å². The highest BCUT2D eigenvalue weighted by atomic mass is 19.4. The molecule has 6 heteroatoms. The van der Waals surface area contributed by atoms with Crippen LogP contribution in [0.25, 0.3) is 12.2 Å². The molecular weight excluding hydrogens is 341 g/mol. The average Bonchev–Trinajstić information content (AvgIpc) is 2.66. The lowest BCUT2D eigenvalue weighted by Gasteiger charge is -2.06. The zero-order valence-corrected chi connectivity index (χ0v) is 13.6. The van der Waals surface area contributed by atoms with Crippen molar-refractivity contribution in [2.75, 3.05) is 0 Å². The first kappa shape index (κ1) is 17.7. The third-order valence-corrected chi connectivity index (χ3v) is 3.57. The summed E-state index contributed by atoms with van der Waals surface area (Å²) < 4.78 is 43.1. The number of nitrogens with zero attached hydrogens (tertiary/aromatic N) is 2. The van der Waals surface area contributed by atoms with Gasteiger partial charge in [0.05, 0.1) is 11.3 Å². The normalized spacial score (nSPS) is 11.7. The van der Waals surface area contributed by atoms with Crippen molar-refractivity contribution in [3.05, 3.63) is 89.1 Å². The van der Waals surface area contributed by atoms with E-state index in [2.05, 4.69) is 10.2 Å². The maximum Gasteiger partial charge on any atom is 0.416 e. The van der Waals surface area contributed by atoms with Crippen LogP contribution in [0.5, 0.6) is 5.88 Å². The van der Waals surface area contributed by atoms with Gasteiger partial charge in [-0.05, 0) is 35.4 Å². The molecule has 0 bridgehead atoms. The summed E-state index contributed by atoms with van der Waals surface area (Å²) in [4.78, 5) is 0. The summed E-state index contributed by atoms with van der Waals surface area (Å²) in [6.45, 7) is 0.399. The summed E-state index contributed by atoms with van der Waals surface area (Å²) in [7, 11) is 0. The van der Waals surface area contributed by atoms with Crippen molar-refractivity contribution < 1.29 is 17.9 Å². The van der Waals surface area contributed by atoms with Crippen LogP contribution in [0, 0.1) is 0 Å². The van der Waals surface area contributed by atoms with Gasteiger partial charge in [0.2, 0.25) is 5.88 Å². The Labute approximate surface area is 148 Å². The van der Waals surface area contributed by atoms with Crippen LogP contribution in [0.2, 0.25) is 0 Å². The molecule has 0 radical (unpaired) electrons. The number of halogens is 3. The van der Waals surface area contributed by atoms with Crippen LogP contribution < -0.4 is 4.74 Å². The third kappa shape index (κ3) is 4.92. The second-order valence-electron chi connectivity index (χ2n) is 5.52. The summed E-state index contributed by atoms with van der Waals surface area (Å²) in [5, 5.41) is 8.00. The van der Waals surface area contributed by atoms with E-state index in [4.69, 9.17) is 4.74 Å². The molecule has 0 fully saturated rings. The molecule has 0 unspecified atom stereocenters. The Morgan fingerprint density at radius 1 is 0.808 bits per heavy atom. The number of alkyl halides is 3. The molecule has 3 nitrogen and oxygen atoms in total. The first-order valence-electron chi connectivity index (χ1n) is 7.86. The second-order valence-corrected chi connectivity index (χ2v) is 5.52. The molecule has 0 N–H and O–H groups in total. The van der Waals surface area contributed by atoms with Gasteiger partial charge in [-0.25, -0.2) is 0 Å². The monoisotopic (exact) mass is 356 g/mol. The van der Waals surface area contributed by atoms with Crippen molar-refractivity contribution >= 4 is 12.2 Å². The van der Waals surface area contributed by atoms with E-state index in [1.165, 1.54) is 12.1 Å². The van der Waals surface area contributed by atoms with Crippen LogP contribution in [0.15, 0.2) is 66.7 Å². The molecule has 26 heavy (non-hydrogen) atoms. The summed E-state index contributed by atoms with van der Waals surface area (Å²) in [5.41, 5.74) is 1.58. The molecule has 0 atom stereocenters. The molecular formula is C20H15F3N2O. The van der Waals surface area contributed by atoms with E-state index in [9.17, 15) is 13.2 Å². The summed E-state index contributed by atoms with van der Waals surface area (Å²) in [6.07, 6.45) is -0.978. The van der Waals surface area contributed by atoms with E-state index in [0.717, 1.165) is 17.7 Å². The molecule has 0 aliphatic rings. The van der Waals surface area contributed by atoms with E-state index in [0.29, 0.717) is 23.7 Å². The quantitative estimate of drug-likeness (QED) is 0.627. The molecule has 3 rings (SSSR count). The molecule has 3 aromatic rings. The minimum atomic E-state index is -4.33. The topological polar surface area (TPSA) is 35.0 Å². The zero-order chi connectivity index (χ0) is 18.4. The van der Waals surface area contributed by atoms with Gasteiger partial charge in [0.25, 0.3) is 0 Å².